The number of hydrogen-bond donors (Lipinski definition) is 0. The van der Waals surface area contributed by atoms with E-state index in [2.05, 4.69) is 29.7 Å². The maximum absolute atomic E-state index is 5.40. The summed E-state index contributed by atoms with van der Waals surface area (Å²) in [5.74, 6) is 5.15. The molecule has 0 bridgehead atoms. The molecule has 0 amide bonds. The lowest BCUT2D eigenvalue weighted by atomic mass is 10.2. The maximum Gasteiger partial charge on any atom is 0.231 e. The third-order valence-electron chi connectivity index (χ3n) is 2.92. The standard InChI is InChI=1S/C12H14NO2S/c1-9-7-16-5-4-13(9)10-2-3-11-12(6-10)15-8-14-11/h2-3,6-7,9H,4-5,8H2,1H3/t9-/m0/s1. The fourth-order valence-electron chi connectivity index (χ4n) is 2.06. The van der Waals surface area contributed by atoms with Gasteiger partial charge in [0.25, 0.3) is 0 Å². The number of rotatable bonds is 1. The first-order valence-corrected chi connectivity index (χ1v) is 6.51. The number of hydrogen-bond acceptors (Lipinski definition) is 4. The quantitative estimate of drug-likeness (QED) is 0.747. The summed E-state index contributed by atoms with van der Waals surface area (Å²) in [5.41, 5.74) is 1.22. The molecule has 0 saturated carbocycles. The van der Waals surface area contributed by atoms with Crippen molar-refractivity contribution in [3.05, 3.63) is 24.0 Å². The van der Waals surface area contributed by atoms with Gasteiger partial charge in [0.2, 0.25) is 6.79 Å². The van der Waals surface area contributed by atoms with Crippen LogP contribution in [0.25, 0.3) is 0 Å². The first-order chi connectivity index (χ1) is 7.84. The van der Waals surface area contributed by atoms with Crippen LogP contribution in [-0.2, 0) is 0 Å². The molecule has 0 unspecified atom stereocenters. The molecule has 2 heterocycles. The summed E-state index contributed by atoms with van der Waals surface area (Å²) >= 11 is 1.90. The number of fused-ring (bicyclic) bond motifs is 1. The summed E-state index contributed by atoms with van der Waals surface area (Å²) in [6.45, 7) is 3.65. The predicted octanol–water partition coefficient (Wildman–Crippen LogP) is 2.52. The molecule has 2 aliphatic rings. The third-order valence-corrected chi connectivity index (χ3v) is 3.93. The average molecular weight is 236 g/mol. The van der Waals surface area contributed by atoms with Crippen LogP contribution in [-0.4, -0.2) is 25.1 Å². The van der Waals surface area contributed by atoms with Crippen molar-refractivity contribution in [2.24, 2.45) is 0 Å². The van der Waals surface area contributed by atoms with E-state index in [-0.39, 0.29) is 0 Å². The maximum atomic E-state index is 5.40. The summed E-state index contributed by atoms with van der Waals surface area (Å²) < 4.78 is 10.7. The molecule has 3 nitrogen and oxygen atoms in total. The molecule has 1 atom stereocenters. The van der Waals surface area contributed by atoms with Crippen molar-refractivity contribution < 1.29 is 9.47 Å². The Kier molecular flexibility index (Phi) is 2.59. The Morgan fingerprint density at radius 1 is 1.31 bits per heavy atom. The lowest BCUT2D eigenvalue weighted by Gasteiger charge is -2.34. The zero-order valence-electron chi connectivity index (χ0n) is 9.18. The molecular formula is C12H14NO2S. The summed E-state index contributed by atoms with van der Waals surface area (Å²) in [7, 11) is 0. The van der Waals surface area contributed by atoms with Gasteiger partial charge in [0.05, 0.1) is 0 Å². The highest BCUT2D eigenvalue weighted by Gasteiger charge is 2.21. The van der Waals surface area contributed by atoms with E-state index in [1.54, 1.807) is 0 Å². The SMILES string of the molecule is C[C@H]1[CH]SCCN1c1ccc2c(c1)OCO2. The second-order valence-corrected chi connectivity index (χ2v) is 4.99. The molecular weight excluding hydrogens is 222 g/mol. The van der Waals surface area contributed by atoms with Crippen molar-refractivity contribution in [1.29, 1.82) is 0 Å². The number of nitrogens with zero attached hydrogens (tertiary/aromatic N) is 1. The van der Waals surface area contributed by atoms with Crippen LogP contribution in [0.2, 0.25) is 0 Å². The summed E-state index contributed by atoms with van der Waals surface area (Å²) in [5, 5.41) is 0. The molecule has 1 aromatic rings. The van der Waals surface area contributed by atoms with Gasteiger partial charge in [-0.05, 0) is 19.1 Å². The van der Waals surface area contributed by atoms with Crippen LogP contribution >= 0.6 is 11.8 Å². The predicted molar refractivity (Wildman–Crippen MR) is 66.1 cm³/mol. The van der Waals surface area contributed by atoms with E-state index in [1.165, 1.54) is 5.69 Å². The topological polar surface area (TPSA) is 21.7 Å². The zero-order chi connectivity index (χ0) is 11.0. The Bertz CT molecular complexity index is 397. The van der Waals surface area contributed by atoms with E-state index in [0.29, 0.717) is 12.8 Å². The Morgan fingerprint density at radius 3 is 3.06 bits per heavy atom. The Hall–Kier alpha value is -1.03. The highest BCUT2D eigenvalue weighted by Crippen LogP contribution is 2.37. The third kappa shape index (κ3) is 1.71. The number of anilines is 1. The number of thioether (sulfide) groups is 1. The van der Waals surface area contributed by atoms with Crippen molar-refractivity contribution in [3.63, 3.8) is 0 Å². The van der Waals surface area contributed by atoms with Gasteiger partial charge in [0, 0.05) is 35.8 Å². The molecule has 1 saturated heterocycles. The van der Waals surface area contributed by atoms with Gasteiger partial charge in [0.15, 0.2) is 11.5 Å². The van der Waals surface area contributed by atoms with Gasteiger partial charge in [-0.2, -0.15) is 11.8 Å². The first kappa shape index (κ1) is 10.1. The number of ether oxygens (including phenoxy) is 2. The van der Waals surface area contributed by atoms with E-state index in [9.17, 15) is 0 Å². The Labute approximate surface area is 99.7 Å². The van der Waals surface area contributed by atoms with Crippen molar-refractivity contribution in [2.45, 2.75) is 13.0 Å². The molecule has 4 heteroatoms. The van der Waals surface area contributed by atoms with Crippen LogP contribution < -0.4 is 14.4 Å². The van der Waals surface area contributed by atoms with Gasteiger partial charge in [0.1, 0.15) is 0 Å². The van der Waals surface area contributed by atoms with Gasteiger partial charge in [-0.25, -0.2) is 0 Å². The van der Waals surface area contributed by atoms with Gasteiger partial charge in [-0.1, -0.05) is 0 Å². The summed E-state index contributed by atoms with van der Waals surface area (Å²) in [4.78, 5) is 2.39. The summed E-state index contributed by atoms with van der Waals surface area (Å²) in [6, 6.07) is 6.64. The normalized spacial score (nSPS) is 23.6. The molecule has 85 valence electrons. The van der Waals surface area contributed by atoms with Crippen LogP contribution in [0.4, 0.5) is 5.69 Å². The van der Waals surface area contributed by atoms with Crippen molar-refractivity contribution in [1.82, 2.24) is 0 Å². The fraction of sp³-hybridized carbons (Fsp3) is 0.417. The van der Waals surface area contributed by atoms with E-state index in [0.717, 1.165) is 23.8 Å². The minimum atomic E-state index is 0.344. The minimum absolute atomic E-state index is 0.344. The molecule has 0 aliphatic carbocycles. The largest absolute Gasteiger partial charge is 0.454 e. The van der Waals surface area contributed by atoms with E-state index >= 15 is 0 Å². The van der Waals surface area contributed by atoms with Gasteiger partial charge in [-0.15, -0.1) is 0 Å². The molecule has 2 aliphatic heterocycles. The Balaban J connectivity index is 1.88. The van der Waals surface area contributed by atoms with Crippen LogP contribution in [0.5, 0.6) is 11.5 Å². The Morgan fingerprint density at radius 2 is 2.19 bits per heavy atom. The van der Waals surface area contributed by atoms with Gasteiger partial charge < -0.3 is 14.4 Å². The molecule has 0 aromatic heterocycles. The monoisotopic (exact) mass is 236 g/mol. The van der Waals surface area contributed by atoms with Crippen LogP contribution in [0.1, 0.15) is 6.92 Å². The molecule has 1 radical (unpaired) electrons. The van der Waals surface area contributed by atoms with Gasteiger partial charge >= 0.3 is 0 Å². The fourth-order valence-corrected chi connectivity index (χ4v) is 2.93. The summed E-state index contributed by atoms with van der Waals surface area (Å²) in [6.07, 6.45) is 0. The lowest BCUT2D eigenvalue weighted by molar-refractivity contribution is 0.174. The molecule has 3 rings (SSSR count). The average Bonchev–Trinajstić information content (AvgIpc) is 2.76. The van der Waals surface area contributed by atoms with Crippen LogP contribution in [0, 0.1) is 5.75 Å². The molecule has 0 N–H and O–H groups in total. The molecule has 1 aromatic carbocycles. The van der Waals surface area contributed by atoms with Crippen molar-refractivity contribution in [2.75, 3.05) is 24.0 Å². The first-order valence-electron chi connectivity index (χ1n) is 5.46. The molecule has 1 fully saturated rings. The van der Waals surface area contributed by atoms with Crippen molar-refractivity contribution in [3.8, 4) is 11.5 Å². The minimum Gasteiger partial charge on any atom is -0.454 e. The van der Waals surface area contributed by atoms with Gasteiger partial charge in [-0.3, -0.25) is 0 Å². The highest BCUT2D eigenvalue weighted by atomic mass is 32.2. The van der Waals surface area contributed by atoms with E-state index < -0.39 is 0 Å². The van der Waals surface area contributed by atoms with Crippen molar-refractivity contribution >= 4 is 17.4 Å². The smallest absolute Gasteiger partial charge is 0.231 e. The second kappa shape index (κ2) is 4.09. The van der Waals surface area contributed by atoms with Crippen LogP contribution in [0.3, 0.4) is 0 Å². The highest BCUT2D eigenvalue weighted by molar-refractivity contribution is 8.01. The molecule has 0 spiro atoms. The molecule has 16 heavy (non-hydrogen) atoms. The lowest BCUT2D eigenvalue weighted by Crippen LogP contribution is -2.38. The zero-order valence-corrected chi connectivity index (χ0v) is 10.00. The van der Waals surface area contributed by atoms with Crippen LogP contribution in [0.15, 0.2) is 18.2 Å². The second-order valence-electron chi connectivity index (χ2n) is 3.98. The number of benzene rings is 1. The van der Waals surface area contributed by atoms with E-state index in [4.69, 9.17) is 9.47 Å². The van der Waals surface area contributed by atoms with E-state index in [1.807, 2.05) is 17.8 Å².